The van der Waals surface area contributed by atoms with Gasteiger partial charge >= 0.3 is 0 Å². The molecule has 2 aromatic carbocycles. The SMILES string of the molecule is COc1cccc(OCc2nnc(SCc3nnc(-c4ccc(C(C)(C)C)cc4)o3)o2)c1. The lowest BCUT2D eigenvalue weighted by Crippen LogP contribution is -2.10. The predicted molar refractivity (Wildman–Crippen MR) is 120 cm³/mol. The van der Waals surface area contributed by atoms with E-state index in [4.69, 9.17) is 18.3 Å². The molecule has 8 nitrogen and oxygen atoms in total. The Kier molecular flexibility index (Phi) is 6.45. The van der Waals surface area contributed by atoms with E-state index < -0.39 is 0 Å². The Morgan fingerprint density at radius 1 is 0.875 bits per heavy atom. The molecule has 166 valence electrons. The lowest BCUT2D eigenvalue weighted by molar-refractivity contribution is 0.251. The molecule has 0 N–H and O–H groups in total. The van der Waals surface area contributed by atoms with E-state index in [0.29, 0.717) is 40.1 Å². The predicted octanol–water partition coefficient (Wildman–Crippen LogP) is 5.30. The highest BCUT2D eigenvalue weighted by molar-refractivity contribution is 7.98. The van der Waals surface area contributed by atoms with Crippen molar-refractivity contribution in [1.29, 1.82) is 0 Å². The summed E-state index contributed by atoms with van der Waals surface area (Å²) in [5.74, 6) is 3.14. The number of thioether (sulfide) groups is 1. The Balaban J connectivity index is 1.31. The monoisotopic (exact) mass is 452 g/mol. The minimum Gasteiger partial charge on any atom is -0.497 e. The second-order valence-electron chi connectivity index (χ2n) is 8.05. The van der Waals surface area contributed by atoms with Crippen LogP contribution in [0.1, 0.15) is 38.1 Å². The van der Waals surface area contributed by atoms with Crippen molar-refractivity contribution in [2.24, 2.45) is 0 Å². The van der Waals surface area contributed by atoms with Crippen LogP contribution < -0.4 is 9.47 Å². The van der Waals surface area contributed by atoms with Gasteiger partial charge in [0, 0.05) is 11.6 Å². The van der Waals surface area contributed by atoms with Crippen molar-refractivity contribution in [3.63, 3.8) is 0 Å². The standard InChI is InChI=1S/C23H24N4O4S/c1-23(2,3)16-10-8-15(9-11-16)21-26-25-20(30-21)14-32-22-27-24-19(31-22)13-29-18-7-5-6-17(12-18)28-4/h5-12H,13-14H2,1-4H3. The molecule has 9 heteroatoms. The highest BCUT2D eigenvalue weighted by Gasteiger charge is 2.15. The van der Waals surface area contributed by atoms with E-state index in [1.165, 1.54) is 17.3 Å². The van der Waals surface area contributed by atoms with Gasteiger partial charge in [0.25, 0.3) is 11.1 Å². The first kappa shape index (κ1) is 21.9. The van der Waals surface area contributed by atoms with Crippen LogP contribution in [0.25, 0.3) is 11.5 Å². The molecular weight excluding hydrogens is 428 g/mol. The minimum atomic E-state index is 0.0943. The van der Waals surface area contributed by atoms with Gasteiger partial charge < -0.3 is 18.3 Å². The van der Waals surface area contributed by atoms with Crippen LogP contribution in [-0.4, -0.2) is 27.5 Å². The number of nitrogens with zero attached hydrogens (tertiary/aromatic N) is 4. The Labute approximate surface area is 190 Å². The number of ether oxygens (including phenoxy) is 2. The summed E-state index contributed by atoms with van der Waals surface area (Å²) in [6.07, 6.45) is 0. The van der Waals surface area contributed by atoms with Crippen LogP contribution in [-0.2, 0) is 17.8 Å². The molecule has 0 aliphatic carbocycles. The Morgan fingerprint density at radius 2 is 1.62 bits per heavy atom. The average Bonchev–Trinajstić information content (AvgIpc) is 3.45. The van der Waals surface area contributed by atoms with Gasteiger partial charge in [0.05, 0.1) is 12.9 Å². The highest BCUT2D eigenvalue weighted by atomic mass is 32.2. The van der Waals surface area contributed by atoms with E-state index in [1.807, 2.05) is 30.3 Å². The molecule has 2 aromatic heterocycles. The van der Waals surface area contributed by atoms with E-state index in [1.54, 1.807) is 13.2 Å². The Hall–Kier alpha value is -3.33. The minimum absolute atomic E-state index is 0.0943. The molecule has 0 aliphatic rings. The maximum atomic E-state index is 5.78. The molecule has 2 heterocycles. The van der Waals surface area contributed by atoms with Gasteiger partial charge in [0.15, 0.2) is 6.61 Å². The lowest BCUT2D eigenvalue weighted by Gasteiger charge is -2.18. The maximum absolute atomic E-state index is 5.78. The molecule has 32 heavy (non-hydrogen) atoms. The van der Waals surface area contributed by atoms with E-state index in [9.17, 15) is 0 Å². The van der Waals surface area contributed by atoms with Crippen LogP contribution in [0.4, 0.5) is 0 Å². The molecule has 0 saturated heterocycles. The van der Waals surface area contributed by atoms with Gasteiger partial charge in [-0.15, -0.1) is 20.4 Å². The number of rotatable bonds is 8. The summed E-state index contributed by atoms with van der Waals surface area (Å²) in [5, 5.41) is 16.7. The van der Waals surface area contributed by atoms with Crippen LogP contribution >= 0.6 is 11.8 Å². The van der Waals surface area contributed by atoms with Crippen LogP contribution in [0, 0.1) is 0 Å². The summed E-state index contributed by atoms with van der Waals surface area (Å²) < 4.78 is 22.2. The molecular formula is C23H24N4O4S. The van der Waals surface area contributed by atoms with E-state index in [0.717, 1.165) is 5.56 Å². The van der Waals surface area contributed by atoms with Crippen molar-refractivity contribution < 1.29 is 18.3 Å². The zero-order valence-electron chi connectivity index (χ0n) is 18.4. The van der Waals surface area contributed by atoms with Crippen LogP contribution in [0.5, 0.6) is 11.5 Å². The fourth-order valence-corrected chi connectivity index (χ4v) is 3.47. The molecule has 0 bridgehead atoms. The van der Waals surface area contributed by atoms with E-state index >= 15 is 0 Å². The molecule has 0 aliphatic heterocycles. The molecule has 0 unspecified atom stereocenters. The van der Waals surface area contributed by atoms with Gasteiger partial charge in [-0.25, -0.2) is 0 Å². The number of benzene rings is 2. The number of hydrogen-bond acceptors (Lipinski definition) is 9. The largest absolute Gasteiger partial charge is 0.497 e. The van der Waals surface area contributed by atoms with Crippen LogP contribution in [0.3, 0.4) is 0 Å². The number of methoxy groups -OCH3 is 1. The third kappa shape index (κ3) is 5.47. The maximum Gasteiger partial charge on any atom is 0.277 e. The fourth-order valence-electron chi connectivity index (χ4n) is 2.86. The summed E-state index contributed by atoms with van der Waals surface area (Å²) in [7, 11) is 1.61. The van der Waals surface area contributed by atoms with Gasteiger partial charge in [-0.2, -0.15) is 0 Å². The quantitative estimate of drug-likeness (QED) is 0.330. The number of aromatic nitrogens is 4. The molecule has 4 aromatic rings. The third-order valence-corrected chi connectivity index (χ3v) is 5.44. The fraction of sp³-hybridized carbons (Fsp3) is 0.304. The van der Waals surface area contributed by atoms with Crippen molar-refractivity contribution in [3.05, 3.63) is 65.9 Å². The van der Waals surface area contributed by atoms with Crippen LogP contribution in [0.15, 0.2) is 62.6 Å². The van der Waals surface area contributed by atoms with Gasteiger partial charge in [0.1, 0.15) is 11.5 Å². The normalized spacial score (nSPS) is 11.5. The van der Waals surface area contributed by atoms with E-state index in [2.05, 4.69) is 53.3 Å². The summed E-state index contributed by atoms with van der Waals surface area (Å²) in [5.41, 5.74) is 2.23. The first-order valence-corrected chi connectivity index (χ1v) is 11.0. The van der Waals surface area contributed by atoms with Gasteiger partial charge in [-0.3, -0.25) is 0 Å². The third-order valence-electron chi connectivity index (χ3n) is 4.64. The zero-order chi connectivity index (χ0) is 22.6. The van der Waals surface area contributed by atoms with Gasteiger partial charge in [-0.05, 0) is 35.2 Å². The molecule has 0 amide bonds. The van der Waals surface area contributed by atoms with Gasteiger partial charge in [-0.1, -0.05) is 50.7 Å². The molecule has 0 spiro atoms. The van der Waals surface area contributed by atoms with E-state index in [-0.39, 0.29) is 12.0 Å². The van der Waals surface area contributed by atoms with Crippen molar-refractivity contribution in [3.8, 4) is 23.0 Å². The first-order valence-electron chi connectivity index (χ1n) is 10.1. The number of hydrogen-bond donors (Lipinski definition) is 0. The van der Waals surface area contributed by atoms with Crippen molar-refractivity contribution in [2.45, 2.75) is 43.8 Å². The van der Waals surface area contributed by atoms with Crippen molar-refractivity contribution >= 4 is 11.8 Å². The Morgan fingerprint density at radius 3 is 2.38 bits per heavy atom. The van der Waals surface area contributed by atoms with Crippen LogP contribution in [0.2, 0.25) is 0 Å². The summed E-state index contributed by atoms with van der Waals surface area (Å²) >= 11 is 1.32. The summed E-state index contributed by atoms with van der Waals surface area (Å²) in [4.78, 5) is 0. The average molecular weight is 453 g/mol. The molecule has 0 saturated carbocycles. The zero-order valence-corrected chi connectivity index (χ0v) is 19.2. The highest BCUT2D eigenvalue weighted by Crippen LogP contribution is 2.27. The first-order chi connectivity index (χ1) is 15.4. The molecule has 4 rings (SSSR count). The molecule has 0 atom stereocenters. The van der Waals surface area contributed by atoms with Gasteiger partial charge in [0.2, 0.25) is 11.8 Å². The summed E-state index contributed by atoms with van der Waals surface area (Å²) in [6.45, 7) is 6.70. The second kappa shape index (κ2) is 9.44. The smallest absolute Gasteiger partial charge is 0.277 e. The molecule has 0 fully saturated rings. The van der Waals surface area contributed by atoms with Crippen molar-refractivity contribution in [2.75, 3.05) is 7.11 Å². The van der Waals surface area contributed by atoms with Crippen molar-refractivity contribution in [1.82, 2.24) is 20.4 Å². The summed E-state index contributed by atoms with van der Waals surface area (Å²) in [6, 6.07) is 15.5. The second-order valence-corrected chi connectivity index (χ2v) is 8.97. The molecule has 0 radical (unpaired) electrons. The Bertz CT molecular complexity index is 1170. The topological polar surface area (TPSA) is 96.3 Å². The lowest BCUT2D eigenvalue weighted by atomic mass is 9.87.